The Hall–Kier alpha value is -0.630. The van der Waals surface area contributed by atoms with Crippen LogP contribution >= 0.6 is 12.6 Å². The molecule has 1 nitrogen and oxygen atoms in total. The molecule has 0 heterocycles. The Morgan fingerprint density at radius 1 is 1.12 bits per heavy atom. The van der Waals surface area contributed by atoms with Crippen LogP contribution in [-0.4, -0.2) is 12.9 Å². The van der Waals surface area contributed by atoms with E-state index in [1.807, 2.05) is 0 Å². The monoisotopic (exact) mass is 235 g/mol. The maximum Gasteiger partial charge on any atom is 0.0606 e. The van der Waals surface area contributed by atoms with Gasteiger partial charge in [-0.2, -0.15) is 12.6 Å². The highest BCUT2D eigenvalue weighted by Crippen LogP contribution is 2.33. The van der Waals surface area contributed by atoms with Gasteiger partial charge in [0.25, 0.3) is 0 Å². The zero-order valence-corrected chi connectivity index (χ0v) is 10.9. The molecule has 0 unspecified atom stereocenters. The molecule has 0 bridgehead atoms. The lowest BCUT2D eigenvalue weighted by atomic mass is 9.84. The Morgan fingerprint density at radius 2 is 1.75 bits per heavy atom. The minimum atomic E-state index is 0.767. The van der Waals surface area contributed by atoms with E-state index in [-0.39, 0.29) is 0 Å². The lowest BCUT2D eigenvalue weighted by Gasteiger charge is -2.23. The highest BCUT2D eigenvalue weighted by atomic mass is 32.1. The van der Waals surface area contributed by atoms with Gasteiger partial charge in [-0.05, 0) is 36.5 Å². The maximum absolute atomic E-state index is 4.28. The van der Waals surface area contributed by atoms with Crippen molar-refractivity contribution in [2.45, 2.75) is 38.0 Å². The standard InChI is InChI=1S/C14H21NS/c1-15(11-16)14-9-7-13(8-10-14)12-5-3-2-4-6-12/h7-10,12,16H,2-6,11H2,1H3. The Kier molecular flexibility index (Phi) is 4.16. The van der Waals surface area contributed by atoms with Crippen LogP contribution in [0.1, 0.15) is 43.6 Å². The van der Waals surface area contributed by atoms with Crippen molar-refractivity contribution in [2.24, 2.45) is 0 Å². The summed E-state index contributed by atoms with van der Waals surface area (Å²) in [6.45, 7) is 0. The SMILES string of the molecule is CN(CS)c1ccc(C2CCCCC2)cc1. The minimum Gasteiger partial charge on any atom is -0.366 e. The first kappa shape index (κ1) is 11.8. The number of thiol groups is 1. The van der Waals surface area contributed by atoms with Crippen LogP contribution in [0, 0.1) is 0 Å². The molecule has 16 heavy (non-hydrogen) atoms. The summed E-state index contributed by atoms with van der Waals surface area (Å²) in [5, 5.41) is 0. The second-order valence-corrected chi connectivity index (χ2v) is 5.05. The van der Waals surface area contributed by atoms with Crippen LogP contribution in [0.5, 0.6) is 0 Å². The molecule has 1 saturated carbocycles. The topological polar surface area (TPSA) is 3.24 Å². The summed E-state index contributed by atoms with van der Waals surface area (Å²) < 4.78 is 0. The van der Waals surface area contributed by atoms with Crippen molar-refractivity contribution in [3.63, 3.8) is 0 Å². The van der Waals surface area contributed by atoms with Gasteiger partial charge in [-0.25, -0.2) is 0 Å². The predicted octanol–water partition coefficient (Wildman–Crippen LogP) is 4.06. The molecule has 0 aliphatic heterocycles. The first-order chi connectivity index (χ1) is 7.81. The van der Waals surface area contributed by atoms with Gasteiger partial charge in [0.2, 0.25) is 0 Å². The molecule has 2 heteroatoms. The van der Waals surface area contributed by atoms with Gasteiger partial charge in [-0.3, -0.25) is 0 Å². The number of hydrogen-bond donors (Lipinski definition) is 1. The van der Waals surface area contributed by atoms with Crippen molar-refractivity contribution in [2.75, 3.05) is 17.8 Å². The molecular weight excluding hydrogens is 214 g/mol. The highest BCUT2D eigenvalue weighted by molar-refractivity contribution is 7.80. The Bertz CT molecular complexity index is 314. The molecule has 0 saturated heterocycles. The van der Waals surface area contributed by atoms with Crippen molar-refractivity contribution in [3.8, 4) is 0 Å². The molecule has 0 amide bonds. The van der Waals surface area contributed by atoms with Crippen LogP contribution in [0.4, 0.5) is 5.69 Å². The molecule has 88 valence electrons. The van der Waals surface area contributed by atoms with Gasteiger partial charge in [0.05, 0.1) is 5.88 Å². The summed E-state index contributed by atoms with van der Waals surface area (Å²) in [7, 11) is 2.07. The largest absolute Gasteiger partial charge is 0.366 e. The van der Waals surface area contributed by atoms with Gasteiger partial charge in [0.1, 0.15) is 0 Å². The molecule has 0 N–H and O–H groups in total. The van der Waals surface area contributed by atoms with Gasteiger partial charge in [-0.1, -0.05) is 31.4 Å². The van der Waals surface area contributed by atoms with E-state index in [9.17, 15) is 0 Å². The van der Waals surface area contributed by atoms with Crippen LogP contribution in [0.25, 0.3) is 0 Å². The van der Waals surface area contributed by atoms with Gasteiger partial charge >= 0.3 is 0 Å². The first-order valence-corrected chi connectivity index (χ1v) is 6.86. The van der Waals surface area contributed by atoms with E-state index < -0.39 is 0 Å². The van der Waals surface area contributed by atoms with Gasteiger partial charge in [0, 0.05) is 12.7 Å². The van der Waals surface area contributed by atoms with E-state index >= 15 is 0 Å². The van der Waals surface area contributed by atoms with Gasteiger partial charge in [0.15, 0.2) is 0 Å². The quantitative estimate of drug-likeness (QED) is 0.611. The fourth-order valence-corrected chi connectivity index (χ4v) is 2.68. The average molecular weight is 235 g/mol. The molecule has 1 aliphatic carbocycles. The third kappa shape index (κ3) is 2.73. The molecule has 0 aromatic heterocycles. The van der Waals surface area contributed by atoms with E-state index in [4.69, 9.17) is 0 Å². The van der Waals surface area contributed by atoms with Crippen LogP contribution in [-0.2, 0) is 0 Å². The zero-order valence-electron chi connectivity index (χ0n) is 10.0. The van der Waals surface area contributed by atoms with Crippen molar-refractivity contribution < 1.29 is 0 Å². The molecule has 1 aromatic rings. The van der Waals surface area contributed by atoms with Crippen molar-refractivity contribution in [1.29, 1.82) is 0 Å². The third-order valence-electron chi connectivity index (χ3n) is 3.62. The summed E-state index contributed by atoms with van der Waals surface area (Å²) in [4.78, 5) is 2.15. The lowest BCUT2D eigenvalue weighted by molar-refractivity contribution is 0.443. The summed E-state index contributed by atoms with van der Waals surface area (Å²) in [5.41, 5.74) is 2.78. The highest BCUT2D eigenvalue weighted by Gasteiger charge is 2.15. The summed E-state index contributed by atoms with van der Waals surface area (Å²) in [5.74, 6) is 1.58. The maximum atomic E-state index is 4.28. The fourth-order valence-electron chi connectivity index (χ4n) is 2.52. The number of anilines is 1. The van der Waals surface area contributed by atoms with Crippen molar-refractivity contribution in [1.82, 2.24) is 0 Å². The first-order valence-electron chi connectivity index (χ1n) is 6.23. The second kappa shape index (κ2) is 5.62. The minimum absolute atomic E-state index is 0.767. The number of benzene rings is 1. The van der Waals surface area contributed by atoms with Crippen LogP contribution in [0.15, 0.2) is 24.3 Å². The third-order valence-corrected chi connectivity index (χ3v) is 4.05. The van der Waals surface area contributed by atoms with Gasteiger partial charge < -0.3 is 4.90 Å². The summed E-state index contributed by atoms with van der Waals surface area (Å²) in [6.07, 6.45) is 6.99. The lowest BCUT2D eigenvalue weighted by Crippen LogP contribution is -2.14. The fraction of sp³-hybridized carbons (Fsp3) is 0.571. The van der Waals surface area contributed by atoms with Crippen LogP contribution < -0.4 is 4.90 Å². The van der Waals surface area contributed by atoms with E-state index in [1.165, 1.54) is 43.4 Å². The Morgan fingerprint density at radius 3 is 2.31 bits per heavy atom. The van der Waals surface area contributed by atoms with Crippen molar-refractivity contribution >= 4 is 18.3 Å². The second-order valence-electron chi connectivity index (χ2n) is 4.77. The molecule has 1 aliphatic rings. The summed E-state index contributed by atoms with van der Waals surface area (Å²) in [6, 6.07) is 9.04. The molecule has 2 rings (SSSR count). The molecular formula is C14H21NS. The van der Waals surface area contributed by atoms with E-state index in [0.717, 1.165) is 11.8 Å². The van der Waals surface area contributed by atoms with E-state index in [0.29, 0.717) is 0 Å². The molecule has 0 radical (unpaired) electrons. The smallest absolute Gasteiger partial charge is 0.0606 e. The predicted molar refractivity (Wildman–Crippen MR) is 74.5 cm³/mol. The number of nitrogens with zero attached hydrogens (tertiary/aromatic N) is 1. The van der Waals surface area contributed by atoms with Crippen LogP contribution in [0.2, 0.25) is 0 Å². The van der Waals surface area contributed by atoms with Gasteiger partial charge in [-0.15, -0.1) is 0 Å². The Balaban J connectivity index is 2.06. The van der Waals surface area contributed by atoms with Crippen LogP contribution in [0.3, 0.4) is 0 Å². The Labute approximate surface area is 104 Å². The summed E-state index contributed by atoms with van der Waals surface area (Å²) >= 11 is 4.28. The molecule has 1 aromatic carbocycles. The number of hydrogen-bond acceptors (Lipinski definition) is 2. The zero-order chi connectivity index (χ0) is 11.4. The molecule has 0 atom stereocenters. The molecule has 0 spiro atoms. The van der Waals surface area contributed by atoms with E-state index in [2.05, 4.69) is 48.8 Å². The number of rotatable bonds is 3. The normalized spacial score (nSPS) is 17.4. The van der Waals surface area contributed by atoms with Crippen molar-refractivity contribution in [3.05, 3.63) is 29.8 Å². The van der Waals surface area contributed by atoms with E-state index in [1.54, 1.807) is 0 Å². The average Bonchev–Trinajstić information content (AvgIpc) is 2.39. The molecule has 1 fully saturated rings.